The second-order valence-corrected chi connectivity index (χ2v) is 17.8. The Labute approximate surface area is 274 Å². The lowest BCUT2D eigenvalue weighted by molar-refractivity contribution is 0.903. The second-order valence-electron chi connectivity index (χ2n) is 9.93. The Kier molecular flexibility index (Phi) is 10.3. The minimum Gasteiger partial charge on any atom is -0.0622 e. The lowest BCUT2D eigenvalue weighted by atomic mass is 9.84. The highest BCUT2D eigenvalue weighted by Crippen LogP contribution is 2.63. The Bertz CT molecular complexity index is 1340. The van der Waals surface area contributed by atoms with E-state index in [1.54, 1.807) is 0 Å². The molecule has 0 aromatic heterocycles. The molecule has 212 valence electrons. The predicted molar refractivity (Wildman–Crippen MR) is 196 cm³/mol. The molecule has 0 heterocycles. The zero-order chi connectivity index (χ0) is 29.2. The predicted octanol–water partition coefficient (Wildman–Crippen LogP) is 12.3. The first kappa shape index (κ1) is 30.1. The van der Waals surface area contributed by atoms with Crippen molar-refractivity contribution >= 4 is 51.1 Å². The van der Waals surface area contributed by atoms with Crippen molar-refractivity contribution in [1.82, 2.24) is 0 Å². The van der Waals surface area contributed by atoms with Crippen LogP contribution in [0.3, 0.4) is 0 Å². The van der Waals surface area contributed by atoms with Crippen LogP contribution in [-0.2, 0) is 9.49 Å². The van der Waals surface area contributed by atoms with Crippen molar-refractivity contribution in [3.05, 3.63) is 215 Å². The van der Waals surface area contributed by atoms with Gasteiger partial charge >= 0.3 is 0 Å². The average Bonchev–Trinajstić information content (AvgIpc) is 3.11. The monoisotopic (exact) mass is 646 g/mol. The van der Waals surface area contributed by atoms with Crippen LogP contribution in [0.4, 0.5) is 0 Å². The number of hydrogen-bond donors (Lipinski definition) is 0. The molecule has 6 aromatic rings. The van der Waals surface area contributed by atoms with Crippen LogP contribution in [-0.4, -0.2) is 0 Å². The van der Waals surface area contributed by atoms with Gasteiger partial charge in [0.2, 0.25) is 0 Å². The molecular weight excluding hydrogens is 617 g/mol. The lowest BCUT2D eigenvalue weighted by Crippen LogP contribution is -2.24. The Morgan fingerprint density at radius 2 is 0.419 bits per heavy atom. The third-order valence-corrected chi connectivity index (χ3v) is 17.1. The van der Waals surface area contributed by atoms with Crippen LogP contribution in [0.5, 0.6) is 0 Å². The van der Waals surface area contributed by atoms with Gasteiger partial charge in [-0.2, -0.15) is 0 Å². The van der Waals surface area contributed by atoms with Crippen molar-refractivity contribution < 1.29 is 0 Å². The van der Waals surface area contributed by atoms with Crippen LogP contribution in [0.25, 0.3) is 0 Å². The van der Waals surface area contributed by atoms with Gasteiger partial charge in [-0.25, -0.2) is 0 Å². The molecule has 43 heavy (non-hydrogen) atoms. The molecule has 0 bridgehead atoms. The minimum atomic E-state index is -0.359. The van der Waals surface area contributed by atoms with Gasteiger partial charge in [-0.1, -0.05) is 204 Å². The summed E-state index contributed by atoms with van der Waals surface area (Å²) < 4.78 is -0.718. The quantitative estimate of drug-likeness (QED) is 0.0735. The molecule has 0 amide bonds. The van der Waals surface area contributed by atoms with E-state index < -0.39 is 0 Å². The summed E-state index contributed by atoms with van der Waals surface area (Å²) in [6, 6.07) is 65.4. The second kappa shape index (κ2) is 14.7. The first-order valence-electron chi connectivity index (χ1n) is 14.0. The fourth-order valence-electron chi connectivity index (χ4n) is 5.47. The third kappa shape index (κ3) is 6.47. The van der Waals surface area contributed by atoms with E-state index in [-0.39, 0.29) is 9.49 Å². The first-order valence-corrected chi connectivity index (χ1v) is 20.2. The van der Waals surface area contributed by atoms with Gasteiger partial charge in [-0.05, 0) is 62.9 Å². The van der Waals surface area contributed by atoms with Gasteiger partial charge in [0, 0.05) is 0 Å². The van der Waals surface area contributed by atoms with Crippen LogP contribution in [0.1, 0.15) is 33.4 Å². The summed E-state index contributed by atoms with van der Waals surface area (Å²) >= 11 is 0. The van der Waals surface area contributed by atoms with E-state index in [9.17, 15) is 0 Å². The topological polar surface area (TPSA) is 0 Å². The van der Waals surface area contributed by atoms with Gasteiger partial charge < -0.3 is 0 Å². The maximum absolute atomic E-state index is 2.26. The van der Waals surface area contributed by atoms with Crippen molar-refractivity contribution in [3.8, 4) is 0 Å². The van der Waals surface area contributed by atoms with Crippen molar-refractivity contribution in [1.29, 1.82) is 0 Å². The fraction of sp³-hybridized carbons (Fsp3) is 0.0526. The Morgan fingerprint density at radius 1 is 0.233 bits per heavy atom. The molecule has 0 saturated carbocycles. The highest BCUT2D eigenvalue weighted by Gasteiger charge is 2.39. The highest BCUT2D eigenvalue weighted by atomic mass is 33.8. The van der Waals surface area contributed by atoms with Gasteiger partial charge in [0.15, 0.2) is 0 Å². The maximum Gasteiger partial charge on any atom is 0.102 e. The first-order chi connectivity index (χ1) is 21.3. The molecule has 0 unspecified atom stereocenters. The summed E-state index contributed by atoms with van der Waals surface area (Å²) in [7, 11) is 9.35. The normalized spacial score (nSPS) is 11.7. The van der Waals surface area contributed by atoms with E-state index >= 15 is 0 Å². The molecule has 0 fully saturated rings. The summed E-state index contributed by atoms with van der Waals surface area (Å²) in [5.74, 6) is 0. The summed E-state index contributed by atoms with van der Waals surface area (Å²) in [5.41, 5.74) is 7.64. The summed E-state index contributed by atoms with van der Waals surface area (Å²) in [4.78, 5) is 0. The molecule has 0 aliphatic rings. The zero-order valence-electron chi connectivity index (χ0n) is 23.4. The molecule has 0 saturated heterocycles. The fourth-order valence-corrected chi connectivity index (χ4v) is 16.2. The Morgan fingerprint density at radius 3 is 0.605 bits per heavy atom. The number of hydrogen-bond acceptors (Lipinski definition) is 5. The van der Waals surface area contributed by atoms with Crippen LogP contribution in [0.2, 0.25) is 0 Å². The van der Waals surface area contributed by atoms with Crippen LogP contribution in [0.15, 0.2) is 182 Å². The molecule has 0 spiro atoms. The molecule has 0 nitrogen and oxygen atoms in total. The SMILES string of the molecule is c1ccc(C(SSSSSC(c2ccccc2)(c2ccccc2)c2ccccc2)(c2ccccc2)c2ccccc2)cc1. The largest absolute Gasteiger partial charge is 0.102 e. The maximum atomic E-state index is 2.26. The van der Waals surface area contributed by atoms with E-state index in [1.807, 2.05) is 51.1 Å². The molecule has 0 N–H and O–H groups in total. The molecule has 0 aliphatic heterocycles. The van der Waals surface area contributed by atoms with Crippen molar-refractivity contribution in [2.45, 2.75) is 9.49 Å². The molecular formula is C38H30S5. The highest BCUT2D eigenvalue weighted by molar-refractivity contribution is 9.35. The number of benzene rings is 6. The molecule has 5 heteroatoms. The molecule has 0 aliphatic carbocycles. The van der Waals surface area contributed by atoms with E-state index in [0.717, 1.165) is 0 Å². The van der Waals surface area contributed by atoms with E-state index in [2.05, 4.69) is 182 Å². The third-order valence-electron chi connectivity index (χ3n) is 7.46. The Hall–Kier alpha value is -2.93. The van der Waals surface area contributed by atoms with E-state index in [0.29, 0.717) is 0 Å². The van der Waals surface area contributed by atoms with Crippen LogP contribution < -0.4 is 0 Å². The van der Waals surface area contributed by atoms with Crippen molar-refractivity contribution in [2.24, 2.45) is 0 Å². The lowest BCUT2D eigenvalue weighted by Gasteiger charge is -2.35. The van der Waals surface area contributed by atoms with Crippen molar-refractivity contribution in [3.63, 3.8) is 0 Å². The Balaban J connectivity index is 1.33. The van der Waals surface area contributed by atoms with E-state index in [4.69, 9.17) is 0 Å². The number of rotatable bonds is 12. The standard InChI is InChI=1S/C38H30S5/c1-7-19-31(20-8-1)37(32-21-9-2-10-22-32,33-23-11-3-12-24-33)39-41-43-42-40-38(34-25-13-4-14-26-34,35-27-15-5-16-28-35)36-29-17-6-18-30-36/h1-30H. The zero-order valence-corrected chi connectivity index (χ0v) is 27.4. The molecule has 0 radical (unpaired) electrons. The summed E-state index contributed by atoms with van der Waals surface area (Å²) in [5, 5.41) is 0. The molecule has 6 rings (SSSR count). The van der Waals surface area contributed by atoms with Gasteiger partial charge in [0.05, 0.1) is 0 Å². The van der Waals surface area contributed by atoms with Crippen LogP contribution in [0, 0.1) is 0 Å². The summed E-state index contributed by atoms with van der Waals surface area (Å²) in [6.07, 6.45) is 0. The van der Waals surface area contributed by atoms with Gasteiger partial charge in [0.1, 0.15) is 9.49 Å². The molecule has 0 atom stereocenters. The average molecular weight is 647 g/mol. The van der Waals surface area contributed by atoms with Gasteiger partial charge in [-0.15, -0.1) is 0 Å². The van der Waals surface area contributed by atoms with Gasteiger partial charge in [-0.3, -0.25) is 0 Å². The van der Waals surface area contributed by atoms with E-state index in [1.165, 1.54) is 33.4 Å². The van der Waals surface area contributed by atoms with Crippen LogP contribution >= 0.6 is 51.1 Å². The minimum absolute atomic E-state index is 0.359. The van der Waals surface area contributed by atoms with Crippen molar-refractivity contribution in [2.75, 3.05) is 0 Å². The molecule has 6 aromatic carbocycles. The smallest absolute Gasteiger partial charge is 0.0622 e. The van der Waals surface area contributed by atoms with Gasteiger partial charge in [0.25, 0.3) is 0 Å². The summed E-state index contributed by atoms with van der Waals surface area (Å²) in [6.45, 7) is 0.